The van der Waals surface area contributed by atoms with E-state index in [4.69, 9.17) is 4.84 Å². The Labute approximate surface area is 163 Å². The van der Waals surface area contributed by atoms with Crippen LogP contribution in [0.2, 0.25) is 0 Å². The van der Waals surface area contributed by atoms with Gasteiger partial charge in [0.25, 0.3) is 0 Å². The molecule has 3 aromatic heterocycles. The van der Waals surface area contributed by atoms with Gasteiger partial charge in [-0.25, -0.2) is 20.2 Å². The Morgan fingerprint density at radius 3 is 2.89 bits per heavy atom. The summed E-state index contributed by atoms with van der Waals surface area (Å²) >= 11 is 1.09. The zero-order valence-electron chi connectivity index (χ0n) is 15.2. The normalized spacial score (nSPS) is 14.4. The summed E-state index contributed by atoms with van der Waals surface area (Å²) < 4.78 is 5.49. The fourth-order valence-corrected chi connectivity index (χ4v) is 3.62. The zero-order chi connectivity index (χ0) is 19.8. The fourth-order valence-electron chi connectivity index (χ4n) is 3.11. The molecule has 0 aromatic carbocycles. The number of hydrogen-bond donors (Lipinski definition) is 2. The lowest BCUT2D eigenvalue weighted by molar-refractivity contribution is -0.0357. The molecule has 0 amide bonds. The average Bonchev–Trinajstić information content (AvgIpc) is 3.14. The van der Waals surface area contributed by atoms with Crippen LogP contribution in [0.3, 0.4) is 0 Å². The number of carboxylic acids is 1. The summed E-state index contributed by atoms with van der Waals surface area (Å²) in [7, 11) is 0. The van der Waals surface area contributed by atoms with E-state index in [1.807, 2.05) is 11.8 Å². The third-order valence-electron chi connectivity index (χ3n) is 4.49. The first-order valence-electron chi connectivity index (χ1n) is 8.70. The van der Waals surface area contributed by atoms with E-state index >= 15 is 0 Å². The van der Waals surface area contributed by atoms with Gasteiger partial charge in [-0.3, -0.25) is 14.2 Å². The molecule has 0 radical (unpaired) electrons. The predicted molar refractivity (Wildman–Crippen MR) is 103 cm³/mol. The molecule has 0 saturated carbocycles. The van der Waals surface area contributed by atoms with Crippen LogP contribution in [0.1, 0.15) is 22.8 Å². The Hall–Kier alpha value is -2.89. The van der Waals surface area contributed by atoms with Gasteiger partial charge in [0.15, 0.2) is 5.65 Å². The Balaban J connectivity index is 1.83. The summed E-state index contributed by atoms with van der Waals surface area (Å²) in [6.45, 7) is 5.80. The summed E-state index contributed by atoms with van der Waals surface area (Å²) in [4.78, 5) is 40.6. The number of nitrogens with zero attached hydrogens (tertiary/aromatic N) is 5. The highest BCUT2D eigenvalue weighted by Crippen LogP contribution is 2.26. The molecule has 0 atom stereocenters. The van der Waals surface area contributed by atoms with Gasteiger partial charge in [-0.05, 0) is 18.6 Å². The van der Waals surface area contributed by atoms with Crippen molar-refractivity contribution in [3.05, 3.63) is 39.9 Å². The maximum Gasteiger partial charge on any atom is 0.341 e. The number of fused-ring (bicyclic) bond motifs is 1. The topological polar surface area (TPSA) is 122 Å². The summed E-state index contributed by atoms with van der Waals surface area (Å²) in [5, 5.41) is 10.1. The van der Waals surface area contributed by atoms with E-state index in [0.29, 0.717) is 35.2 Å². The molecule has 28 heavy (non-hydrogen) atoms. The molecule has 0 aliphatic carbocycles. The quantitative estimate of drug-likeness (QED) is 0.581. The van der Waals surface area contributed by atoms with Crippen molar-refractivity contribution in [2.45, 2.75) is 20.0 Å². The molecule has 1 aliphatic rings. The van der Waals surface area contributed by atoms with E-state index in [0.717, 1.165) is 18.1 Å². The van der Waals surface area contributed by atoms with Crippen molar-refractivity contribution in [3.8, 4) is 5.13 Å². The lowest BCUT2D eigenvalue weighted by Crippen LogP contribution is -2.54. The van der Waals surface area contributed by atoms with E-state index in [1.165, 1.54) is 17.1 Å². The zero-order valence-corrected chi connectivity index (χ0v) is 16.1. The number of nitrogens with one attached hydrogen (secondary N) is 1. The molecule has 10 nitrogen and oxygen atoms in total. The lowest BCUT2D eigenvalue weighted by atomic mass is 10.1. The first kappa shape index (κ1) is 18.5. The number of hydroxylamine groups is 1. The number of aryl methyl sites for hydroxylation is 1. The highest BCUT2D eigenvalue weighted by atomic mass is 32.1. The molecule has 1 saturated heterocycles. The fraction of sp³-hybridized carbons (Fsp3) is 0.353. The number of carbonyl (C=O) groups is 1. The van der Waals surface area contributed by atoms with Gasteiger partial charge >= 0.3 is 5.97 Å². The third-order valence-corrected chi connectivity index (χ3v) is 5.16. The number of rotatable bonds is 6. The number of carboxylic acid groups (broad SMARTS) is 1. The predicted octanol–water partition coefficient (Wildman–Crippen LogP) is 0.974. The van der Waals surface area contributed by atoms with E-state index in [1.54, 1.807) is 13.0 Å². The van der Waals surface area contributed by atoms with E-state index in [-0.39, 0.29) is 17.1 Å². The van der Waals surface area contributed by atoms with Crippen LogP contribution >= 0.6 is 11.5 Å². The molecule has 146 valence electrons. The molecular formula is C17H18N6O4S. The van der Waals surface area contributed by atoms with Crippen LogP contribution in [0.5, 0.6) is 0 Å². The molecule has 1 fully saturated rings. The minimum absolute atomic E-state index is 0.0671. The lowest BCUT2D eigenvalue weighted by Gasteiger charge is -2.39. The highest BCUT2D eigenvalue weighted by molar-refractivity contribution is 7.08. The van der Waals surface area contributed by atoms with Crippen molar-refractivity contribution >= 4 is 34.4 Å². The molecule has 3 aromatic rings. The van der Waals surface area contributed by atoms with Gasteiger partial charge in [0.05, 0.1) is 5.39 Å². The molecule has 4 heterocycles. The second kappa shape index (κ2) is 7.26. The average molecular weight is 402 g/mol. The van der Waals surface area contributed by atoms with Gasteiger partial charge in [0.1, 0.15) is 23.8 Å². The van der Waals surface area contributed by atoms with E-state index in [2.05, 4.69) is 19.8 Å². The van der Waals surface area contributed by atoms with Gasteiger partial charge in [0.2, 0.25) is 10.6 Å². The van der Waals surface area contributed by atoms with Crippen molar-refractivity contribution < 1.29 is 14.7 Å². The molecule has 0 unspecified atom stereocenters. The first-order valence-corrected chi connectivity index (χ1v) is 9.47. The largest absolute Gasteiger partial charge is 0.477 e. The Bertz CT molecular complexity index is 1090. The number of hydrogen-bond acceptors (Lipinski definition) is 9. The van der Waals surface area contributed by atoms with Gasteiger partial charge in [0, 0.05) is 37.4 Å². The molecule has 4 rings (SSSR count). The van der Waals surface area contributed by atoms with E-state index in [9.17, 15) is 14.7 Å². The van der Waals surface area contributed by atoms with Crippen LogP contribution < -0.4 is 15.8 Å². The van der Waals surface area contributed by atoms with Crippen molar-refractivity contribution in [1.82, 2.24) is 24.4 Å². The molecule has 0 bridgehead atoms. The van der Waals surface area contributed by atoms with Crippen LogP contribution in [-0.2, 0) is 4.84 Å². The highest BCUT2D eigenvalue weighted by Gasteiger charge is 2.30. The van der Waals surface area contributed by atoms with Crippen molar-refractivity contribution in [3.63, 3.8) is 0 Å². The summed E-state index contributed by atoms with van der Waals surface area (Å²) in [6.07, 6.45) is 2.70. The smallest absolute Gasteiger partial charge is 0.341 e. The maximum atomic E-state index is 12.7. The van der Waals surface area contributed by atoms with Crippen LogP contribution in [0, 0.1) is 6.92 Å². The van der Waals surface area contributed by atoms with Crippen LogP contribution in [0.25, 0.3) is 16.2 Å². The number of pyridine rings is 2. The van der Waals surface area contributed by atoms with Crippen LogP contribution in [0.15, 0.2) is 23.4 Å². The Morgan fingerprint density at radius 2 is 2.25 bits per heavy atom. The maximum absolute atomic E-state index is 12.7. The summed E-state index contributed by atoms with van der Waals surface area (Å²) in [6, 6.07) is 1.79. The Morgan fingerprint density at radius 1 is 1.46 bits per heavy atom. The van der Waals surface area contributed by atoms with Gasteiger partial charge in [-0.1, -0.05) is 6.92 Å². The molecule has 1 aliphatic heterocycles. The number of aromatic carboxylic acids is 1. The van der Waals surface area contributed by atoms with Crippen molar-refractivity contribution in [1.29, 1.82) is 0 Å². The molecule has 2 N–H and O–H groups in total. The van der Waals surface area contributed by atoms with Crippen LogP contribution in [0.4, 0.5) is 5.82 Å². The van der Waals surface area contributed by atoms with E-state index < -0.39 is 11.4 Å². The number of anilines is 1. The SMILES string of the molecule is CCNOC1CN(c2cc(C)c3c(=O)c(C(=O)O)cn(-c4ncns4)c3n2)C1. The monoisotopic (exact) mass is 402 g/mol. The molecule has 11 heteroatoms. The minimum atomic E-state index is -1.29. The Kier molecular flexibility index (Phi) is 4.79. The van der Waals surface area contributed by atoms with Gasteiger partial charge in [-0.15, -0.1) is 0 Å². The minimum Gasteiger partial charge on any atom is -0.477 e. The van der Waals surface area contributed by atoms with Crippen molar-refractivity contribution in [2.24, 2.45) is 0 Å². The molecular weight excluding hydrogens is 384 g/mol. The molecule has 0 spiro atoms. The second-order valence-corrected chi connectivity index (χ2v) is 7.17. The third kappa shape index (κ3) is 3.13. The summed E-state index contributed by atoms with van der Waals surface area (Å²) in [5.41, 5.74) is 2.98. The summed E-state index contributed by atoms with van der Waals surface area (Å²) in [5.74, 6) is -0.595. The second-order valence-electron chi connectivity index (χ2n) is 6.41. The van der Waals surface area contributed by atoms with Gasteiger partial charge < -0.3 is 10.0 Å². The number of aromatic nitrogens is 4. The van der Waals surface area contributed by atoms with Crippen LogP contribution in [-0.4, -0.2) is 55.7 Å². The van der Waals surface area contributed by atoms with Crippen molar-refractivity contribution in [2.75, 3.05) is 24.5 Å². The standard InChI is InChI=1S/C17H18N6O4S/c1-3-19-27-10-5-22(6-10)12-4-9(2)13-14(24)11(16(25)26)7-23(15(13)21-12)17-18-8-20-28-17/h4,7-8,10,19H,3,5-6H2,1-2H3,(H,25,26). The first-order chi connectivity index (χ1) is 13.5. The van der Waals surface area contributed by atoms with Gasteiger partial charge in [-0.2, -0.15) is 4.37 Å².